The van der Waals surface area contributed by atoms with E-state index in [9.17, 15) is 15.3 Å². The lowest BCUT2D eigenvalue weighted by Crippen LogP contribution is -2.33. The minimum absolute atomic E-state index is 0.00114. The number of hydrogen-bond donors (Lipinski definition) is 2. The van der Waals surface area contributed by atoms with Crippen LogP contribution in [0.5, 0.6) is 0 Å². The molecule has 1 aliphatic rings. The minimum Gasteiger partial charge on any atom is -0.382 e. The minimum atomic E-state index is -0.385. The molecule has 4 aromatic rings. The first-order chi connectivity index (χ1) is 16.5. The normalized spacial score (nSPS) is 15.2. The number of rotatable bonds is 3. The summed E-state index contributed by atoms with van der Waals surface area (Å²) in [5.41, 5.74) is 12.9. The highest BCUT2D eigenvalue weighted by Crippen LogP contribution is 2.38. The van der Waals surface area contributed by atoms with Gasteiger partial charge in [0.15, 0.2) is 5.82 Å². The Labute approximate surface area is 194 Å². The van der Waals surface area contributed by atoms with Gasteiger partial charge in [0.25, 0.3) is 5.56 Å². The van der Waals surface area contributed by atoms with Crippen molar-refractivity contribution < 1.29 is 0 Å². The summed E-state index contributed by atoms with van der Waals surface area (Å²) in [5.74, 6) is 0.759. The van der Waals surface area contributed by atoms with Crippen molar-refractivity contribution >= 4 is 28.5 Å². The number of anilines is 3. The van der Waals surface area contributed by atoms with Gasteiger partial charge in [0, 0.05) is 6.54 Å². The number of nitrogen functional groups attached to an aromatic ring is 2. The molecule has 10 nitrogen and oxygen atoms in total. The molecule has 4 N–H and O–H groups in total. The molecule has 1 aliphatic heterocycles. The molecule has 2 aromatic carbocycles. The van der Waals surface area contributed by atoms with E-state index in [2.05, 4.69) is 22.1 Å². The summed E-state index contributed by atoms with van der Waals surface area (Å²) in [6.45, 7) is 0.566. The summed E-state index contributed by atoms with van der Waals surface area (Å²) in [5, 5.41) is 19.6. The number of nitrogens with zero attached hydrogens (tertiary/aromatic N) is 7. The van der Waals surface area contributed by atoms with E-state index in [0.717, 1.165) is 6.42 Å². The zero-order valence-corrected chi connectivity index (χ0v) is 18.0. The van der Waals surface area contributed by atoms with Crippen LogP contribution in [0.4, 0.5) is 17.6 Å². The molecule has 0 radical (unpaired) electrons. The maximum Gasteiger partial charge on any atom is 0.267 e. The Kier molecular flexibility index (Phi) is 5.04. The van der Waals surface area contributed by atoms with Crippen LogP contribution in [0.15, 0.2) is 53.3 Å². The molecule has 1 atom stereocenters. The first-order valence-corrected chi connectivity index (χ1v) is 10.6. The second kappa shape index (κ2) is 8.19. The molecule has 0 saturated carbocycles. The van der Waals surface area contributed by atoms with E-state index in [1.165, 1.54) is 4.57 Å². The largest absolute Gasteiger partial charge is 0.382 e. The Morgan fingerprint density at radius 1 is 0.971 bits per heavy atom. The number of nitriles is 2. The predicted molar refractivity (Wildman–Crippen MR) is 127 cm³/mol. The zero-order valence-electron chi connectivity index (χ0n) is 18.0. The van der Waals surface area contributed by atoms with E-state index in [4.69, 9.17) is 16.5 Å². The third-order valence-electron chi connectivity index (χ3n) is 5.93. The maximum absolute atomic E-state index is 13.8. The standard InChI is InChI=1S/C24H19N9O/c25-12-14-6-4-9-17-19(14)23(34)33(15-7-2-1-3-8-15)22(29-17)18-10-5-11-32(18)21-16(13-26)20(27)30-24(28)31-21/h1-4,6-9,18H,5,10-11H2,(H4,27,28,30,31)/t18-/m0/s1. The number of nitrogens with two attached hydrogens (primary N) is 2. The lowest BCUT2D eigenvalue weighted by atomic mass is 10.1. The highest BCUT2D eigenvalue weighted by Gasteiger charge is 2.34. The highest BCUT2D eigenvalue weighted by molar-refractivity contribution is 5.84. The first kappa shape index (κ1) is 20.9. The SMILES string of the molecule is N#Cc1c(N)nc(N)nc1N1CCC[C@H]1c1nc2cccc(C#N)c2c(=O)n1-c1ccccc1. The quantitative estimate of drug-likeness (QED) is 0.478. The highest BCUT2D eigenvalue weighted by atomic mass is 16.1. The smallest absolute Gasteiger partial charge is 0.267 e. The lowest BCUT2D eigenvalue weighted by molar-refractivity contribution is 0.633. The van der Waals surface area contributed by atoms with Crippen LogP contribution in [0, 0.1) is 22.7 Å². The fourth-order valence-electron chi connectivity index (χ4n) is 4.48. The van der Waals surface area contributed by atoms with Crippen molar-refractivity contribution in [2.45, 2.75) is 18.9 Å². The van der Waals surface area contributed by atoms with Crippen LogP contribution in [0.1, 0.15) is 35.8 Å². The Morgan fingerprint density at radius 2 is 1.76 bits per heavy atom. The summed E-state index contributed by atoms with van der Waals surface area (Å²) in [6, 6.07) is 18.0. The molecule has 0 amide bonds. The number of aromatic nitrogens is 4. The fraction of sp³-hybridized carbons (Fsp3) is 0.167. The van der Waals surface area contributed by atoms with Gasteiger partial charge < -0.3 is 16.4 Å². The molecule has 1 saturated heterocycles. The molecule has 166 valence electrons. The van der Waals surface area contributed by atoms with Gasteiger partial charge in [-0.2, -0.15) is 20.5 Å². The lowest BCUT2D eigenvalue weighted by Gasteiger charge is -2.28. The molecule has 0 unspecified atom stereocenters. The van der Waals surface area contributed by atoms with Crippen molar-refractivity contribution in [2.75, 3.05) is 22.9 Å². The zero-order chi connectivity index (χ0) is 23.8. The Hall–Kier alpha value is -4.96. The van der Waals surface area contributed by atoms with Crippen LogP contribution in [0.25, 0.3) is 16.6 Å². The van der Waals surface area contributed by atoms with Gasteiger partial charge in [-0.15, -0.1) is 0 Å². The summed E-state index contributed by atoms with van der Waals surface area (Å²) in [7, 11) is 0. The molecule has 10 heteroatoms. The molecular weight excluding hydrogens is 430 g/mol. The Balaban J connectivity index is 1.80. The van der Waals surface area contributed by atoms with Gasteiger partial charge in [-0.1, -0.05) is 24.3 Å². The van der Waals surface area contributed by atoms with Crippen LogP contribution in [0.2, 0.25) is 0 Å². The molecule has 0 bridgehead atoms. The van der Waals surface area contributed by atoms with Crippen LogP contribution in [-0.4, -0.2) is 26.1 Å². The second-order valence-electron chi connectivity index (χ2n) is 7.89. The molecule has 2 aromatic heterocycles. The third-order valence-corrected chi connectivity index (χ3v) is 5.93. The maximum atomic E-state index is 13.8. The Bertz CT molecular complexity index is 1560. The topological polar surface area (TPSA) is 164 Å². The van der Waals surface area contributed by atoms with E-state index in [0.29, 0.717) is 35.8 Å². The summed E-state index contributed by atoms with van der Waals surface area (Å²) in [4.78, 5) is 28.8. The average molecular weight is 449 g/mol. The molecule has 5 rings (SSSR count). The fourth-order valence-corrected chi connectivity index (χ4v) is 4.48. The van der Waals surface area contributed by atoms with E-state index in [1.54, 1.807) is 18.2 Å². The number of hydrogen-bond acceptors (Lipinski definition) is 9. The van der Waals surface area contributed by atoms with E-state index < -0.39 is 0 Å². The van der Waals surface area contributed by atoms with Gasteiger partial charge in [-0.05, 0) is 37.1 Å². The van der Waals surface area contributed by atoms with Gasteiger partial charge in [0.05, 0.1) is 28.2 Å². The van der Waals surface area contributed by atoms with Gasteiger partial charge in [-0.25, -0.2) is 4.98 Å². The van der Waals surface area contributed by atoms with Crippen molar-refractivity contribution in [3.05, 3.63) is 75.8 Å². The van der Waals surface area contributed by atoms with Crippen LogP contribution >= 0.6 is 0 Å². The monoisotopic (exact) mass is 449 g/mol. The Morgan fingerprint density at radius 3 is 2.50 bits per heavy atom. The molecule has 3 heterocycles. The van der Waals surface area contributed by atoms with E-state index in [1.807, 2.05) is 35.2 Å². The number of benzene rings is 2. The van der Waals surface area contributed by atoms with Crippen LogP contribution in [0.3, 0.4) is 0 Å². The number of para-hydroxylation sites is 1. The van der Waals surface area contributed by atoms with Crippen LogP contribution < -0.4 is 21.9 Å². The van der Waals surface area contributed by atoms with Crippen molar-refractivity contribution in [3.8, 4) is 17.8 Å². The van der Waals surface area contributed by atoms with Crippen molar-refractivity contribution in [3.63, 3.8) is 0 Å². The first-order valence-electron chi connectivity index (χ1n) is 10.6. The van der Waals surface area contributed by atoms with Gasteiger partial charge >= 0.3 is 0 Å². The van der Waals surface area contributed by atoms with Crippen molar-refractivity contribution in [2.24, 2.45) is 0 Å². The number of fused-ring (bicyclic) bond motifs is 1. The molecule has 34 heavy (non-hydrogen) atoms. The molecular formula is C24H19N9O. The van der Waals surface area contributed by atoms with Gasteiger partial charge in [0.1, 0.15) is 29.3 Å². The summed E-state index contributed by atoms with van der Waals surface area (Å²) < 4.78 is 1.53. The van der Waals surface area contributed by atoms with Crippen LogP contribution in [-0.2, 0) is 0 Å². The van der Waals surface area contributed by atoms with Crippen molar-refractivity contribution in [1.82, 2.24) is 19.5 Å². The second-order valence-corrected chi connectivity index (χ2v) is 7.89. The van der Waals surface area contributed by atoms with Gasteiger partial charge in [-0.3, -0.25) is 9.36 Å². The van der Waals surface area contributed by atoms with Gasteiger partial charge in [0.2, 0.25) is 5.95 Å². The summed E-state index contributed by atoms with van der Waals surface area (Å²) in [6.07, 6.45) is 1.44. The molecule has 0 spiro atoms. The van der Waals surface area contributed by atoms with E-state index >= 15 is 0 Å². The summed E-state index contributed by atoms with van der Waals surface area (Å²) >= 11 is 0. The molecule has 0 aliphatic carbocycles. The van der Waals surface area contributed by atoms with E-state index in [-0.39, 0.29) is 39.9 Å². The third kappa shape index (κ3) is 3.26. The van der Waals surface area contributed by atoms with Crippen molar-refractivity contribution in [1.29, 1.82) is 10.5 Å². The predicted octanol–water partition coefficient (Wildman–Crippen LogP) is 2.42. The molecule has 1 fully saturated rings. The average Bonchev–Trinajstić information content (AvgIpc) is 3.33.